The van der Waals surface area contributed by atoms with E-state index in [0.29, 0.717) is 0 Å². The molecule has 61 heavy (non-hydrogen) atoms. The Kier molecular flexibility index (Phi) is 8.45. The van der Waals surface area contributed by atoms with E-state index in [0.717, 1.165) is 39.6 Å². The van der Waals surface area contributed by atoms with Gasteiger partial charge in [0.15, 0.2) is 0 Å². The van der Waals surface area contributed by atoms with Gasteiger partial charge in [-0.2, -0.15) is 0 Å². The summed E-state index contributed by atoms with van der Waals surface area (Å²) in [5.41, 5.74) is 21.1. The number of para-hydroxylation sites is 1. The van der Waals surface area contributed by atoms with Gasteiger partial charge in [0.2, 0.25) is 0 Å². The summed E-state index contributed by atoms with van der Waals surface area (Å²) in [5.74, 6) is 0. The third-order valence-corrected chi connectivity index (χ3v) is 15.2. The second kappa shape index (κ2) is 13.4. The number of anilines is 2. The number of allylic oxidation sites excluding steroid dienone is 2. The molecule has 0 radical (unpaired) electrons. The topological polar surface area (TPSA) is 16.4 Å². The molecule has 7 aromatic rings. The van der Waals surface area contributed by atoms with Crippen molar-refractivity contribution < 1.29 is 4.42 Å². The van der Waals surface area contributed by atoms with Crippen LogP contribution in [0.5, 0.6) is 0 Å². The molecule has 2 nitrogen and oxygen atoms in total. The lowest BCUT2D eigenvalue weighted by molar-refractivity contribution is 0.353. The van der Waals surface area contributed by atoms with Crippen molar-refractivity contribution in [1.82, 2.24) is 0 Å². The zero-order valence-corrected chi connectivity index (χ0v) is 37.4. The fourth-order valence-corrected chi connectivity index (χ4v) is 11.8. The maximum Gasteiger partial charge on any atom is 0.143 e. The minimum absolute atomic E-state index is 0.0218. The molecule has 1 fully saturated rings. The number of nitrogens with zero attached hydrogens (tertiary/aromatic N) is 1. The van der Waals surface area contributed by atoms with Crippen molar-refractivity contribution in [3.8, 4) is 22.3 Å². The fourth-order valence-electron chi connectivity index (χ4n) is 11.8. The van der Waals surface area contributed by atoms with E-state index in [4.69, 9.17) is 4.42 Å². The summed E-state index contributed by atoms with van der Waals surface area (Å²) >= 11 is 0. The monoisotopic (exact) mass is 797 g/mol. The van der Waals surface area contributed by atoms with Gasteiger partial charge in [0.05, 0.1) is 6.04 Å². The maximum atomic E-state index is 7.10. The van der Waals surface area contributed by atoms with Gasteiger partial charge < -0.3 is 9.32 Å². The molecule has 4 aliphatic rings. The number of hydrogen-bond acceptors (Lipinski definition) is 2. The van der Waals surface area contributed by atoms with E-state index < -0.39 is 0 Å². The van der Waals surface area contributed by atoms with Gasteiger partial charge in [0, 0.05) is 44.6 Å². The molecule has 4 aliphatic carbocycles. The normalized spacial score (nSPS) is 18.7. The van der Waals surface area contributed by atoms with Crippen LogP contribution >= 0.6 is 0 Å². The van der Waals surface area contributed by atoms with Gasteiger partial charge in [0.25, 0.3) is 0 Å². The van der Waals surface area contributed by atoms with Crippen LogP contribution in [0.4, 0.5) is 11.4 Å². The van der Waals surface area contributed by atoms with Crippen LogP contribution in [0.25, 0.3) is 49.8 Å². The molecule has 2 heteroatoms. The van der Waals surface area contributed by atoms with Crippen LogP contribution in [0.1, 0.15) is 127 Å². The summed E-state index contributed by atoms with van der Waals surface area (Å²) in [6.45, 7) is 18.7. The van der Waals surface area contributed by atoms with Crippen LogP contribution in [-0.4, -0.2) is 6.04 Å². The second-order valence-corrected chi connectivity index (χ2v) is 21.2. The number of benzene rings is 6. The largest absolute Gasteiger partial charge is 0.455 e. The molecule has 1 heterocycles. The SMILES string of the molecule is CC(C)(C)c1cc(-c2cccc3c2oc2cc(N(c4ccc5c(c4)C4(CCCCC4)c4ccccc4-5)C4C=CC5=C(C4)C(C)(C)c4ccccc45)ccc23)cc(C(C)(C)C)c1. The number of furan rings is 1. The van der Waals surface area contributed by atoms with Crippen LogP contribution in [0.3, 0.4) is 0 Å². The minimum atomic E-state index is -0.0391. The van der Waals surface area contributed by atoms with Crippen molar-refractivity contribution in [3.05, 3.63) is 172 Å². The van der Waals surface area contributed by atoms with Crippen LogP contribution in [-0.2, 0) is 21.7 Å². The molecule has 1 saturated carbocycles. The molecule has 1 aromatic heterocycles. The van der Waals surface area contributed by atoms with E-state index in [1.54, 1.807) is 0 Å². The Morgan fingerprint density at radius 1 is 0.574 bits per heavy atom. The van der Waals surface area contributed by atoms with Crippen molar-refractivity contribution in [2.24, 2.45) is 0 Å². The quantitative estimate of drug-likeness (QED) is 0.176. The Hall–Kier alpha value is -5.60. The van der Waals surface area contributed by atoms with Gasteiger partial charge in [-0.05, 0) is 116 Å². The van der Waals surface area contributed by atoms with E-state index in [9.17, 15) is 0 Å². The molecule has 0 bridgehead atoms. The van der Waals surface area contributed by atoms with Crippen molar-refractivity contribution in [1.29, 1.82) is 0 Å². The summed E-state index contributed by atoms with van der Waals surface area (Å²) < 4.78 is 7.10. The van der Waals surface area contributed by atoms with Crippen molar-refractivity contribution in [3.63, 3.8) is 0 Å². The highest BCUT2D eigenvalue weighted by Gasteiger charge is 2.45. The van der Waals surface area contributed by atoms with Crippen molar-refractivity contribution in [2.45, 2.75) is 122 Å². The highest BCUT2D eigenvalue weighted by atomic mass is 16.3. The molecule has 306 valence electrons. The highest BCUT2D eigenvalue weighted by Crippen LogP contribution is 2.57. The molecule has 0 saturated heterocycles. The number of hydrogen-bond donors (Lipinski definition) is 0. The molecule has 0 N–H and O–H groups in total. The van der Waals surface area contributed by atoms with Gasteiger partial charge >= 0.3 is 0 Å². The van der Waals surface area contributed by atoms with E-state index in [-0.39, 0.29) is 27.7 Å². The first-order valence-corrected chi connectivity index (χ1v) is 22.9. The van der Waals surface area contributed by atoms with Gasteiger partial charge in [-0.3, -0.25) is 0 Å². The van der Waals surface area contributed by atoms with Gasteiger partial charge in [-0.15, -0.1) is 0 Å². The third-order valence-electron chi connectivity index (χ3n) is 15.2. The zero-order chi connectivity index (χ0) is 42.1. The Morgan fingerprint density at radius 3 is 1.95 bits per heavy atom. The molecule has 6 aromatic carbocycles. The first-order valence-electron chi connectivity index (χ1n) is 22.9. The summed E-state index contributed by atoms with van der Waals surface area (Å²) in [5, 5.41) is 2.32. The van der Waals surface area contributed by atoms with Crippen LogP contribution in [0, 0.1) is 0 Å². The van der Waals surface area contributed by atoms with Gasteiger partial charge in [0.1, 0.15) is 11.2 Å². The summed E-state index contributed by atoms with van der Waals surface area (Å²) in [6, 6.07) is 46.7. The summed E-state index contributed by atoms with van der Waals surface area (Å²) in [7, 11) is 0. The highest BCUT2D eigenvalue weighted by molar-refractivity contribution is 6.10. The van der Waals surface area contributed by atoms with Gasteiger partial charge in [-0.1, -0.05) is 178 Å². The van der Waals surface area contributed by atoms with Crippen molar-refractivity contribution >= 4 is 38.9 Å². The zero-order valence-electron chi connectivity index (χ0n) is 37.4. The van der Waals surface area contributed by atoms with Crippen molar-refractivity contribution in [2.75, 3.05) is 4.90 Å². The van der Waals surface area contributed by atoms with Crippen LogP contribution in [0.2, 0.25) is 0 Å². The molecule has 0 amide bonds. The van der Waals surface area contributed by atoms with E-state index in [1.807, 2.05) is 0 Å². The average molecular weight is 798 g/mol. The van der Waals surface area contributed by atoms with Crippen LogP contribution in [0.15, 0.2) is 143 Å². The lowest BCUT2D eigenvalue weighted by atomic mass is 9.68. The summed E-state index contributed by atoms with van der Waals surface area (Å²) in [4.78, 5) is 2.63. The lowest BCUT2D eigenvalue weighted by Crippen LogP contribution is -2.34. The Bertz CT molecular complexity index is 2950. The predicted molar refractivity (Wildman–Crippen MR) is 258 cm³/mol. The predicted octanol–water partition coefficient (Wildman–Crippen LogP) is 16.3. The number of fused-ring (bicyclic) bond motifs is 10. The van der Waals surface area contributed by atoms with E-state index in [1.165, 1.54) is 99.0 Å². The van der Waals surface area contributed by atoms with Gasteiger partial charge in [-0.25, -0.2) is 0 Å². The molecular weight excluding hydrogens is 739 g/mol. The Morgan fingerprint density at radius 2 is 1.21 bits per heavy atom. The first-order chi connectivity index (χ1) is 29.2. The second-order valence-electron chi connectivity index (χ2n) is 21.2. The maximum absolute atomic E-state index is 7.10. The average Bonchev–Trinajstić information content (AvgIpc) is 3.83. The minimum Gasteiger partial charge on any atom is -0.455 e. The smallest absolute Gasteiger partial charge is 0.143 e. The molecular formula is C59H59NO. The van der Waals surface area contributed by atoms with E-state index >= 15 is 0 Å². The Balaban J connectivity index is 1.07. The molecule has 0 aliphatic heterocycles. The molecule has 1 spiro atoms. The Labute approximate surface area is 363 Å². The standard InChI is InChI=1S/C59H59NO/c1-56(2,3)38-31-37(32-39(33-38)57(4,5)6)43-19-16-20-49-48-28-25-42(36-54(48)61-55(43)49)60(40-23-26-46-44-17-10-12-21-50(44)58(7,8)52(46)34-40)41-24-27-47-45-18-11-13-22-51(45)59(53(47)35-41)29-14-9-15-30-59/h10-13,16-28,31-33,35-36,40H,9,14-15,29-30,34H2,1-8H3. The molecule has 1 atom stereocenters. The lowest BCUT2D eigenvalue weighted by Gasteiger charge is -2.39. The third kappa shape index (κ3) is 5.88. The number of rotatable bonds is 4. The van der Waals surface area contributed by atoms with E-state index in [2.05, 4.69) is 194 Å². The summed E-state index contributed by atoms with van der Waals surface area (Å²) in [6.07, 6.45) is 12.2. The fraction of sp³-hybridized carbons (Fsp3) is 0.322. The first kappa shape index (κ1) is 38.3. The van der Waals surface area contributed by atoms with Crippen LogP contribution < -0.4 is 4.90 Å². The molecule has 11 rings (SSSR count). The molecule has 1 unspecified atom stereocenters.